The number of thiazole rings is 1. The van der Waals surface area contributed by atoms with Crippen LogP contribution in [0.3, 0.4) is 0 Å². The molecule has 162 valence electrons. The molecule has 3 heterocycles. The number of benzene rings is 1. The highest BCUT2D eigenvalue weighted by molar-refractivity contribution is 7.14. The van der Waals surface area contributed by atoms with Crippen LogP contribution in [0.25, 0.3) is 22.4 Å². The van der Waals surface area contributed by atoms with Crippen molar-refractivity contribution in [2.24, 2.45) is 5.73 Å². The van der Waals surface area contributed by atoms with E-state index >= 15 is 0 Å². The summed E-state index contributed by atoms with van der Waals surface area (Å²) in [5.74, 6) is -0.658. The van der Waals surface area contributed by atoms with Gasteiger partial charge in [-0.2, -0.15) is 0 Å². The third-order valence-corrected chi connectivity index (χ3v) is 5.49. The first-order chi connectivity index (χ1) is 15.6. The summed E-state index contributed by atoms with van der Waals surface area (Å²) in [5, 5.41) is 7.71. The van der Waals surface area contributed by atoms with Crippen LogP contribution in [0.5, 0.6) is 0 Å². The number of carbonyl (C=O) groups excluding carboxylic acids is 2. The fraction of sp³-hybridized carbons (Fsp3) is 0.130. The van der Waals surface area contributed by atoms with Crippen LogP contribution in [0.4, 0.5) is 5.13 Å². The van der Waals surface area contributed by atoms with Crippen molar-refractivity contribution in [3.05, 3.63) is 78.2 Å². The average molecular weight is 447 g/mol. The Bertz CT molecular complexity index is 1220. The Balaban J connectivity index is 1.35. The molecule has 32 heavy (non-hydrogen) atoms. The molecule has 0 unspecified atom stereocenters. The predicted octanol–water partition coefficient (Wildman–Crippen LogP) is 3.00. The SMILES string of the molecule is NCCn1ccc(C(=O)NCC(=O)Nc2nc(-c3cccc(-c4ccncc4)c3)cs2)c1. The minimum Gasteiger partial charge on any atom is -0.352 e. The van der Waals surface area contributed by atoms with Crippen molar-refractivity contribution in [3.8, 4) is 22.4 Å². The second kappa shape index (κ2) is 9.99. The maximum atomic E-state index is 12.3. The number of rotatable bonds is 8. The summed E-state index contributed by atoms with van der Waals surface area (Å²) in [4.78, 5) is 33.0. The van der Waals surface area contributed by atoms with Crippen molar-refractivity contribution in [1.82, 2.24) is 19.9 Å². The first kappa shape index (κ1) is 21.4. The van der Waals surface area contributed by atoms with Gasteiger partial charge in [0.25, 0.3) is 5.91 Å². The highest BCUT2D eigenvalue weighted by Crippen LogP contribution is 2.28. The second-order valence-electron chi connectivity index (χ2n) is 7.01. The number of nitrogens with two attached hydrogens (primary N) is 1. The third kappa shape index (κ3) is 5.26. The Labute approximate surface area is 189 Å². The summed E-state index contributed by atoms with van der Waals surface area (Å²) in [6, 6.07) is 13.6. The average Bonchev–Trinajstić information content (AvgIpc) is 3.48. The van der Waals surface area contributed by atoms with E-state index in [1.807, 2.05) is 46.3 Å². The number of carbonyl (C=O) groups is 2. The molecule has 0 fully saturated rings. The van der Waals surface area contributed by atoms with Crippen LogP contribution in [0.1, 0.15) is 10.4 Å². The van der Waals surface area contributed by atoms with Crippen molar-refractivity contribution >= 4 is 28.3 Å². The van der Waals surface area contributed by atoms with Gasteiger partial charge in [-0.25, -0.2) is 4.98 Å². The number of pyridine rings is 1. The molecule has 2 amide bonds. The van der Waals surface area contributed by atoms with Gasteiger partial charge >= 0.3 is 0 Å². The fourth-order valence-corrected chi connectivity index (χ4v) is 3.89. The van der Waals surface area contributed by atoms with Gasteiger partial charge in [0.2, 0.25) is 5.91 Å². The van der Waals surface area contributed by atoms with E-state index in [-0.39, 0.29) is 18.4 Å². The molecule has 9 heteroatoms. The monoisotopic (exact) mass is 446 g/mol. The summed E-state index contributed by atoms with van der Waals surface area (Å²) in [6.07, 6.45) is 7.00. The first-order valence-electron chi connectivity index (χ1n) is 10.0. The van der Waals surface area contributed by atoms with Crippen molar-refractivity contribution in [2.75, 3.05) is 18.4 Å². The summed E-state index contributed by atoms with van der Waals surface area (Å²) in [7, 11) is 0. The van der Waals surface area contributed by atoms with E-state index in [1.165, 1.54) is 11.3 Å². The van der Waals surface area contributed by atoms with Crippen molar-refractivity contribution in [2.45, 2.75) is 6.54 Å². The Morgan fingerprint density at radius 2 is 1.88 bits per heavy atom. The lowest BCUT2D eigenvalue weighted by atomic mass is 10.0. The summed E-state index contributed by atoms with van der Waals surface area (Å²) in [5.41, 5.74) is 9.84. The van der Waals surface area contributed by atoms with Gasteiger partial charge in [-0.3, -0.25) is 14.6 Å². The Hall–Kier alpha value is -3.82. The maximum absolute atomic E-state index is 12.3. The lowest BCUT2D eigenvalue weighted by Gasteiger charge is -2.05. The molecule has 0 saturated carbocycles. The van der Waals surface area contributed by atoms with Crippen LogP contribution in [0.2, 0.25) is 0 Å². The van der Waals surface area contributed by atoms with E-state index in [1.54, 1.807) is 30.9 Å². The summed E-state index contributed by atoms with van der Waals surface area (Å²) >= 11 is 1.33. The number of amides is 2. The molecule has 0 saturated heterocycles. The Kier molecular flexibility index (Phi) is 6.69. The standard InChI is InChI=1S/C23H22N6O2S/c24-7-11-29-10-6-19(14-29)22(31)26-13-21(30)28-23-27-20(15-32-23)18-3-1-2-17(12-18)16-4-8-25-9-5-16/h1-6,8-10,12,14-15H,7,11,13,24H2,(H,26,31)(H,27,28,30). The number of aromatic nitrogens is 3. The molecule has 0 radical (unpaired) electrons. The molecular formula is C23H22N6O2S. The van der Waals surface area contributed by atoms with Gasteiger partial charge in [0, 0.05) is 48.8 Å². The molecule has 0 bridgehead atoms. The largest absolute Gasteiger partial charge is 0.352 e. The third-order valence-electron chi connectivity index (χ3n) is 4.73. The molecule has 0 aliphatic heterocycles. The van der Waals surface area contributed by atoms with Crippen molar-refractivity contribution in [1.29, 1.82) is 0 Å². The molecule has 4 aromatic rings. The van der Waals surface area contributed by atoms with E-state index in [0.717, 1.165) is 22.4 Å². The topological polar surface area (TPSA) is 115 Å². The van der Waals surface area contributed by atoms with Gasteiger partial charge in [0.05, 0.1) is 17.8 Å². The number of anilines is 1. The molecule has 3 aromatic heterocycles. The molecule has 4 N–H and O–H groups in total. The normalized spacial score (nSPS) is 10.7. The number of hydrogen-bond acceptors (Lipinski definition) is 6. The lowest BCUT2D eigenvalue weighted by molar-refractivity contribution is -0.115. The molecular weight excluding hydrogens is 424 g/mol. The van der Waals surface area contributed by atoms with E-state index in [2.05, 4.69) is 20.6 Å². The summed E-state index contributed by atoms with van der Waals surface area (Å²) in [6.45, 7) is 0.973. The van der Waals surface area contributed by atoms with Gasteiger partial charge in [0.1, 0.15) is 0 Å². The number of nitrogens with one attached hydrogen (secondary N) is 2. The first-order valence-corrected chi connectivity index (χ1v) is 10.9. The lowest BCUT2D eigenvalue weighted by Crippen LogP contribution is -2.32. The van der Waals surface area contributed by atoms with Crippen LogP contribution in [-0.4, -0.2) is 39.4 Å². The Morgan fingerprint density at radius 3 is 2.69 bits per heavy atom. The van der Waals surface area contributed by atoms with E-state index in [4.69, 9.17) is 5.73 Å². The highest BCUT2D eigenvalue weighted by atomic mass is 32.1. The smallest absolute Gasteiger partial charge is 0.253 e. The van der Waals surface area contributed by atoms with Crippen molar-refractivity contribution in [3.63, 3.8) is 0 Å². The minimum absolute atomic E-state index is 0.145. The fourth-order valence-electron chi connectivity index (χ4n) is 3.16. The van der Waals surface area contributed by atoms with E-state index < -0.39 is 0 Å². The zero-order valence-electron chi connectivity index (χ0n) is 17.2. The Morgan fingerprint density at radius 1 is 1.06 bits per heavy atom. The quantitative estimate of drug-likeness (QED) is 0.385. The maximum Gasteiger partial charge on any atom is 0.253 e. The summed E-state index contributed by atoms with van der Waals surface area (Å²) < 4.78 is 1.83. The van der Waals surface area contributed by atoms with Gasteiger partial charge in [-0.15, -0.1) is 11.3 Å². The molecule has 0 aliphatic rings. The van der Waals surface area contributed by atoms with Crippen LogP contribution < -0.4 is 16.4 Å². The van der Waals surface area contributed by atoms with E-state index in [9.17, 15) is 9.59 Å². The van der Waals surface area contributed by atoms with Crippen molar-refractivity contribution < 1.29 is 9.59 Å². The minimum atomic E-state index is -0.342. The van der Waals surface area contributed by atoms with Gasteiger partial charge in [-0.05, 0) is 35.4 Å². The zero-order chi connectivity index (χ0) is 22.3. The zero-order valence-corrected chi connectivity index (χ0v) is 18.0. The molecule has 1 aromatic carbocycles. The van der Waals surface area contributed by atoms with Crippen LogP contribution in [-0.2, 0) is 11.3 Å². The predicted molar refractivity (Wildman–Crippen MR) is 125 cm³/mol. The van der Waals surface area contributed by atoms with Crippen LogP contribution in [0.15, 0.2) is 72.6 Å². The van der Waals surface area contributed by atoms with Crippen LogP contribution >= 0.6 is 11.3 Å². The molecule has 0 aliphatic carbocycles. The van der Waals surface area contributed by atoms with Gasteiger partial charge < -0.3 is 20.9 Å². The second-order valence-corrected chi connectivity index (χ2v) is 7.87. The van der Waals surface area contributed by atoms with Gasteiger partial charge in [0.15, 0.2) is 5.13 Å². The van der Waals surface area contributed by atoms with Crippen LogP contribution in [0, 0.1) is 0 Å². The highest BCUT2D eigenvalue weighted by Gasteiger charge is 2.12. The molecule has 0 atom stereocenters. The van der Waals surface area contributed by atoms with Gasteiger partial charge in [-0.1, -0.05) is 18.2 Å². The number of hydrogen-bond donors (Lipinski definition) is 3. The number of nitrogens with zero attached hydrogens (tertiary/aromatic N) is 3. The molecule has 8 nitrogen and oxygen atoms in total. The van der Waals surface area contributed by atoms with E-state index in [0.29, 0.717) is 23.8 Å². The molecule has 4 rings (SSSR count). The molecule has 0 spiro atoms.